The lowest BCUT2D eigenvalue weighted by Gasteiger charge is -2.39. The van der Waals surface area contributed by atoms with Crippen molar-refractivity contribution in [2.24, 2.45) is 5.92 Å². The largest absolute Gasteiger partial charge is 0.445 e. The summed E-state index contributed by atoms with van der Waals surface area (Å²) in [5.74, 6) is 4.66. The Hall–Kier alpha value is -1.87. The first-order chi connectivity index (χ1) is 11.2. The van der Waals surface area contributed by atoms with E-state index in [0.717, 1.165) is 23.8 Å². The average molecular weight is 360 g/mol. The van der Waals surface area contributed by atoms with Gasteiger partial charge in [0.05, 0.1) is 5.69 Å². The molecule has 1 aromatic carbocycles. The van der Waals surface area contributed by atoms with Crippen molar-refractivity contribution in [3.05, 3.63) is 28.8 Å². The first kappa shape index (κ1) is 18.5. The molecule has 0 radical (unpaired) electrons. The van der Waals surface area contributed by atoms with Crippen molar-refractivity contribution in [2.75, 3.05) is 11.9 Å². The van der Waals surface area contributed by atoms with Crippen LogP contribution in [0.5, 0.6) is 0 Å². The fraction of sp³-hybridized carbons (Fsp3) is 0.471. The lowest BCUT2D eigenvalue weighted by Crippen LogP contribution is -2.52. The monoisotopic (exact) mass is 359 g/mol. The number of amides is 1. The smallest absolute Gasteiger partial charge is 0.415 e. The van der Waals surface area contributed by atoms with E-state index in [1.165, 1.54) is 19.2 Å². The Labute approximate surface area is 143 Å². The van der Waals surface area contributed by atoms with E-state index in [0.29, 0.717) is 0 Å². The zero-order valence-corrected chi connectivity index (χ0v) is 14.3. The van der Waals surface area contributed by atoms with Crippen molar-refractivity contribution in [1.82, 2.24) is 0 Å². The molecule has 1 amide bonds. The van der Waals surface area contributed by atoms with Gasteiger partial charge in [-0.1, -0.05) is 31.4 Å². The highest BCUT2D eigenvalue weighted by molar-refractivity contribution is 6.30. The predicted molar refractivity (Wildman–Crippen MR) is 85.9 cm³/mol. The van der Waals surface area contributed by atoms with Crippen LogP contribution < -0.4 is 4.90 Å². The summed E-state index contributed by atoms with van der Waals surface area (Å²) in [4.78, 5) is 12.9. The molecule has 0 bridgehead atoms. The molecule has 0 aromatic heterocycles. The van der Waals surface area contributed by atoms with Gasteiger partial charge in [-0.05, 0) is 37.0 Å². The van der Waals surface area contributed by atoms with Gasteiger partial charge in [0, 0.05) is 23.6 Å². The maximum Gasteiger partial charge on any atom is 0.445 e. The summed E-state index contributed by atoms with van der Waals surface area (Å²) >= 11 is 5.84. The third kappa shape index (κ3) is 3.18. The summed E-state index contributed by atoms with van der Waals surface area (Å²) in [6.45, 7) is 4.00. The fourth-order valence-electron chi connectivity index (χ4n) is 2.24. The van der Waals surface area contributed by atoms with Gasteiger partial charge in [-0.3, -0.25) is 4.90 Å². The number of nitrogens with zero attached hydrogens (tertiary/aromatic N) is 1. The van der Waals surface area contributed by atoms with E-state index < -0.39 is 17.9 Å². The molecular formula is C17H17ClF3NO2. The SMILES string of the molecule is CC.CN1C(=O)OC(C#CC2CC2)(C(F)(F)F)c2cc(Cl)ccc21. The van der Waals surface area contributed by atoms with E-state index in [4.69, 9.17) is 16.3 Å². The van der Waals surface area contributed by atoms with Gasteiger partial charge in [-0.25, -0.2) is 4.79 Å². The van der Waals surface area contributed by atoms with Crippen molar-refractivity contribution in [2.45, 2.75) is 38.5 Å². The van der Waals surface area contributed by atoms with E-state index in [2.05, 4.69) is 11.8 Å². The maximum absolute atomic E-state index is 13.7. The Morgan fingerprint density at radius 1 is 1.33 bits per heavy atom. The lowest BCUT2D eigenvalue weighted by molar-refractivity contribution is -0.240. The topological polar surface area (TPSA) is 29.5 Å². The van der Waals surface area contributed by atoms with Crippen LogP contribution >= 0.6 is 11.6 Å². The summed E-state index contributed by atoms with van der Waals surface area (Å²) in [6, 6.07) is 3.93. The Kier molecular flexibility index (Phi) is 5.05. The number of hydrogen-bond acceptors (Lipinski definition) is 2. The number of carbonyl (C=O) groups excluding carboxylic acids is 1. The number of cyclic esters (lactones) is 1. The highest BCUT2D eigenvalue weighted by Crippen LogP contribution is 2.49. The van der Waals surface area contributed by atoms with E-state index >= 15 is 0 Å². The van der Waals surface area contributed by atoms with E-state index in [1.807, 2.05) is 13.8 Å². The Balaban J connectivity index is 0.00000100. The number of anilines is 1. The number of hydrogen-bond donors (Lipinski definition) is 0. The number of benzene rings is 1. The summed E-state index contributed by atoms with van der Waals surface area (Å²) < 4.78 is 46.0. The van der Waals surface area contributed by atoms with Gasteiger partial charge in [-0.15, -0.1) is 0 Å². The van der Waals surface area contributed by atoms with Crippen LogP contribution in [0.25, 0.3) is 0 Å². The van der Waals surface area contributed by atoms with Crippen molar-refractivity contribution in [3.63, 3.8) is 0 Å². The third-order valence-corrected chi connectivity index (χ3v) is 3.88. The van der Waals surface area contributed by atoms with Crippen LogP contribution in [0.2, 0.25) is 5.02 Å². The Morgan fingerprint density at radius 2 is 1.96 bits per heavy atom. The first-order valence-corrected chi connectivity index (χ1v) is 7.98. The zero-order valence-electron chi connectivity index (χ0n) is 13.5. The minimum absolute atomic E-state index is 0.0692. The molecule has 0 spiro atoms. The molecular weight excluding hydrogens is 343 g/mol. The van der Waals surface area contributed by atoms with Crippen molar-refractivity contribution in [3.8, 4) is 11.8 Å². The maximum atomic E-state index is 13.7. The molecule has 1 fully saturated rings. The molecule has 1 aliphatic carbocycles. The molecule has 1 aromatic rings. The number of alkyl halides is 3. The highest BCUT2D eigenvalue weighted by atomic mass is 35.5. The molecule has 24 heavy (non-hydrogen) atoms. The number of carbonyl (C=O) groups is 1. The Bertz CT molecular complexity index is 704. The first-order valence-electron chi connectivity index (χ1n) is 7.61. The second-order valence-corrected chi connectivity index (χ2v) is 5.75. The number of ether oxygens (including phenoxy) is 1. The van der Waals surface area contributed by atoms with E-state index in [1.54, 1.807) is 0 Å². The van der Waals surface area contributed by atoms with Crippen LogP contribution in [0, 0.1) is 17.8 Å². The van der Waals surface area contributed by atoms with E-state index in [-0.39, 0.29) is 22.2 Å². The second kappa shape index (κ2) is 6.56. The number of fused-ring (bicyclic) bond motifs is 1. The molecule has 3 rings (SSSR count). The van der Waals surface area contributed by atoms with Crippen LogP contribution in [-0.4, -0.2) is 19.3 Å². The minimum atomic E-state index is -4.87. The van der Waals surface area contributed by atoms with Gasteiger partial charge in [-0.2, -0.15) is 13.2 Å². The van der Waals surface area contributed by atoms with Crippen LogP contribution in [0.1, 0.15) is 32.3 Å². The zero-order chi connectivity index (χ0) is 18.1. The van der Waals surface area contributed by atoms with Gasteiger partial charge < -0.3 is 4.74 Å². The predicted octanol–water partition coefficient (Wildman–Crippen LogP) is 5.12. The average Bonchev–Trinajstić information content (AvgIpc) is 3.34. The van der Waals surface area contributed by atoms with Crippen molar-refractivity contribution in [1.29, 1.82) is 0 Å². The van der Waals surface area contributed by atoms with Gasteiger partial charge >= 0.3 is 12.3 Å². The summed E-state index contributed by atoms with van der Waals surface area (Å²) in [6.07, 6.45) is -4.45. The van der Waals surface area contributed by atoms with Gasteiger partial charge in [0.15, 0.2) is 0 Å². The third-order valence-electron chi connectivity index (χ3n) is 3.64. The molecule has 1 aliphatic heterocycles. The van der Waals surface area contributed by atoms with Gasteiger partial charge in [0.25, 0.3) is 5.60 Å². The van der Waals surface area contributed by atoms with Crippen LogP contribution in [0.15, 0.2) is 18.2 Å². The normalized spacial score (nSPS) is 22.5. The van der Waals surface area contributed by atoms with Gasteiger partial charge in [0.1, 0.15) is 0 Å². The molecule has 7 heteroatoms. The molecule has 1 saturated carbocycles. The van der Waals surface area contributed by atoms with Crippen molar-refractivity contribution >= 4 is 23.4 Å². The summed E-state index contributed by atoms with van der Waals surface area (Å²) in [5.41, 5.74) is -3.15. The molecule has 0 N–H and O–H groups in total. The van der Waals surface area contributed by atoms with E-state index in [9.17, 15) is 18.0 Å². The van der Waals surface area contributed by atoms with Crippen LogP contribution in [0.3, 0.4) is 0 Å². The van der Waals surface area contributed by atoms with Crippen LogP contribution in [0.4, 0.5) is 23.7 Å². The fourth-order valence-corrected chi connectivity index (χ4v) is 2.41. The minimum Gasteiger partial charge on any atom is -0.415 e. The number of halogens is 4. The molecule has 2 aliphatic rings. The summed E-state index contributed by atoms with van der Waals surface area (Å²) in [5, 5.41) is 0.118. The molecule has 1 heterocycles. The molecule has 1 atom stereocenters. The van der Waals surface area contributed by atoms with Gasteiger partial charge in [0.2, 0.25) is 0 Å². The lowest BCUT2D eigenvalue weighted by atomic mass is 9.89. The quantitative estimate of drug-likeness (QED) is 0.601. The molecule has 1 unspecified atom stereocenters. The second-order valence-electron chi connectivity index (χ2n) is 5.31. The highest BCUT2D eigenvalue weighted by Gasteiger charge is 2.62. The van der Waals surface area contributed by atoms with Crippen molar-refractivity contribution < 1.29 is 22.7 Å². The van der Waals surface area contributed by atoms with Crippen LogP contribution in [-0.2, 0) is 10.3 Å². The standard InChI is InChI=1S/C15H11ClF3NO2.C2H6/c1-20-12-5-4-10(16)8-11(12)14(15(17,18)19,22-13(20)21)7-6-9-2-3-9;1-2/h4-5,8-9H,2-3H2,1H3;1-2H3. The number of rotatable bonds is 0. The molecule has 0 saturated heterocycles. The molecule has 130 valence electrons. The Morgan fingerprint density at radius 3 is 2.50 bits per heavy atom. The summed E-state index contributed by atoms with van der Waals surface area (Å²) in [7, 11) is 1.34. The molecule has 3 nitrogen and oxygen atoms in total.